The van der Waals surface area contributed by atoms with E-state index in [1.165, 1.54) is 12.8 Å². The van der Waals surface area contributed by atoms with Crippen molar-refractivity contribution in [2.45, 2.75) is 31.5 Å². The molecule has 1 saturated carbocycles. The quantitative estimate of drug-likeness (QED) is 0.483. The van der Waals surface area contributed by atoms with Crippen LogP contribution in [-0.4, -0.2) is 25.4 Å². The van der Waals surface area contributed by atoms with Crippen LogP contribution >= 0.6 is 0 Å². The van der Waals surface area contributed by atoms with Gasteiger partial charge in [-0.2, -0.15) is 0 Å². The average molecular weight is 128 g/mol. The van der Waals surface area contributed by atoms with E-state index in [1.54, 1.807) is 0 Å². The summed E-state index contributed by atoms with van der Waals surface area (Å²) >= 11 is 0. The summed E-state index contributed by atoms with van der Waals surface area (Å²) in [5.74, 6) is 0. The van der Waals surface area contributed by atoms with Gasteiger partial charge >= 0.3 is 0 Å². The van der Waals surface area contributed by atoms with E-state index in [4.69, 9.17) is 9.47 Å². The second kappa shape index (κ2) is 2.27. The van der Waals surface area contributed by atoms with Crippen molar-refractivity contribution < 1.29 is 9.47 Å². The van der Waals surface area contributed by atoms with E-state index >= 15 is 0 Å². The Bertz CT molecular complexity index is 91.1. The van der Waals surface area contributed by atoms with Gasteiger partial charge in [0.2, 0.25) is 0 Å². The molecule has 2 aliphatic rings. The Morgan fingerprint density at radius 3 is 1.89 bits per heavy atom. The van der Waals surface area contributed by atoms with Gasteiger partial charge in [-0.25, -0.2) is 0 Å². The van der Waals surface area contributed by atoms with E-state index in [0.29, 0.717) is 12.2 Å². The zero-order chi connectivity index (χ0) is 6.10. The minimum absolute atomic E-state index is 0.451. The van der Waals surface area contributed by atoms with Crippen LogP contribution < -0.4 is 0 Å². The first-order chi connectivity index (χ1) is 4.47. The molecule has 0 aromatic rings. The van der Waals surface area contributed by atoms with Crippen molar-refractivity contribution in [3.05, 3.63) is 0 Å². The summed E-state index contributed by atoms with van der Waals surface area (Å²) in [7, 11) is 0. The molecule has 0 aromatic heterocycles. The highest BCUT2D eigenvalue weighted by molar-refractivity contribution is 4.83. The Kier molecular flexibility index (Phi) is 1.44. The second-order valence-electron chi connectivity index (χ2n) is 2.75. The number of hydrogen-bond donors (Lipinski definition) is 0. The second-order valence-corrected chi connectivity index (χ2v) is 2.75. The van der Waals surface area contributed by atoms with E-state index in [1.807, 2.05) is 0 Å². The van der Waals surface area contributed by atoms with Crippen molar-refractivity contribution >= 4 is 0 Å². The van der Waals surface area contributed by atoms with E-state index in [2.05, 4.69) is 0 Å². The molecule has 0 radical (unpaired) electrons. The van der Waals surface area contributed by atoms with Gasteiger partial charge in [-0.05, 0) is 19.3 Å². The first kappa shape index (κ1) is 5.69. The summed E-state index contributed by atoms with van der Waals surface area (Å²) in [6, 6.07) is 0. The number of ether oxygens (including phenoxy) is 2. The first-order valence-corrected chi connectivity index (χ1v) is 3.70. The van der Waals surface area contributed by atoms with Crippen molar-refractivity contribution in [3.8, 4) is 0 Å². The minimum atomic E-state index is 0.451. The van der Waals surface area contributed by atoms with Crippen LogP contribution in [0.2, 0.25) is 0 Å². The van der Waals surface area contributed by atoms with Gasteiger partial charge in [0.25, 0.3) is 0 Å². The summed E-state index contributed by atoms with van der Waals surface area (Å²) in [5.41, 5.74) is 0. The molecule has 2 unspecified atom stereocenters. The fourth-order valence-electron chi connectivity index (χ4n) is 1.35. The van der Waals surface area contributed by atoms with E-state index < -0.39 is 0 Å². The topological polar surface area (TPSA) is 18.5 Å². The Morgan fingerprint density at radius 1 is 0.889 bits per heavy atom. The van der Waals surface area contributed by atoms with Crippen molar-refractivity contribution in [2.24, 2.45) is 0 Å². The molecule has 1 aliphatic carbocycles. The lowest BCUT2D eigenvalue weighted by Gasteiger charge is -2.33. The molecule has 2 atom stereocenters. The lowest BCUT2D eigenvalue weighted by Crippen LogP contribution is -2.39. The van der Waals surface area contributed by atoms with E-state index in [-0.39, 0.29) is 0 Å². The minimum Gasteiger partial charge on any atom is -0.375 e. The van der Waals surface area contributed by atoms with Gasteiger partial charge < -0.3 is 9.47 Å². The molecule has 0 spiro atoms. The third-order valence-corrected chi connectivity index (χ3v) is 2.10. The van der Waals surface area contributed by atoms with Gasteiger partial charge in [0.1, 0.15) is 0 Å². The van der Waals surface area contributed by atoms with Gasteiger partial charge in [-0.15, -0.1) is 0 Å². The molecule has 1 heterocycles. The van der Waals surface area contributed by atoms with E-state index in [0.717, 1.165) is 19.6 Å². The summed E-state index contributed by atoms with van der Waals surface area (Å²) < 4.78 is 11.0. The summed E-state index contributed by atoms with van der Waals surface area (Å²) in [5, 5.41) is 0. The molecule has 52 valence electrons. The van der Waals surface area contributed by atoms with Crippen molar-refractivity contribution in [1.82, 2.24) is 0 Å². The molecule has 0 aromatic carbocycles. The molecule has 2 fully saturated rings. The highest BCUT2D eigenvalue weighted by atomic mass is 16.6. The Hall–Kier alpha value is -0.0800. The number of hydrogen-bond acceptors (Lipinski definition) is 2. The molecule has 1 saturated heterocycles. The Labute approximate surface area is 55.1 Å². The predicted molar refractivity (Wildman–Crippen MR) is 33.3 cm³/mol. The fraction of sp³-hybridized carbons (Fsp3) is 1.00. The van der Waals surface area contributed by atoms with Gasteiger partial charge in [0, 0.05) is 13.2 Å². The lowest BCUT2D eigenvalue weighted by atomic mass is 9.92. The number of rotatable bonds is 0. The molecule has 0 N–H and O–H groups in total. The van der Waals surface area contributed by atoms with Crippen LogP contribution in [0.25, 0.3) is 0 Å². The van der Waals surface area contributed by atoms with Crippen molar-refractivity contribution in [3.63, 3.8) is 0 Å². The van der Waals surface area contributed by atoms with Gasteiger partial charge in [-0.3, -0.25) is 0 Å². The molecule has 2 nitrogen and oxygen atoms in total. The predicted octanol–water partition coefficient (Wildman–Crippen LogP) is 0.954. The summed E-state index contributed by atoms with van der Waals surface area (Å²) in [6.07, 6.45) is 4.41. The first-order valence-electron chi connectivity index (χ1n) is 3.70. The molecule has 2 heteroatoms. The van der Waals surface area contributed by atoms with Crippen LogP contribution in [0, 0.1) is 0 Å². The van der Waals surface area contributed by atoms with Crippen molar-refractivity contribution in [1.29, 1.82) is 0 Å². The van der Waals surface area contributed by atoms with Crippen LogP contribution in [0.1, 0.15) is 19.3 Å². The molecule has 9 heavy (non-hydrogen) atoms. The lowest BCUT2D eigenvalue weighted by molar-refractivity contribution is -0.0961. The van der Waals surface area contributed by atoms with Crippen LogP contribution in [0.5, 0.6) is 0 Å². The standard InChI is InChI=1S/C7H12O2/c1-4-8-6-2-3-7(6)9-5-1/h6-7H,1-5H2. The summed E-state index contributed by atoms with van der Waals surface area (Å²) in [6.45, 7) is 1.81. The zero-order valence-corrected chi connectivity index (χ0v) is 5.51. The third kappa shape index (κ3) is 0.970. The van der Waals surface area contributed by atoms with Crippen LogP contribution in [0.15, 0.2) is 0 Å². The van der Waals surface area contributed by atoms with Crippen molar-refractivity contribution in [2.75, 3.05) is 13.2 Å². The maximum atomic E-state index is 5.48. The number of fused-ring (bicyclic) bond motifs is 1. The van der Waals surface area contributed by atoms with Gasteiger partial charge in [0.15, 0.2) is 0 Å². The molecular formula is C7H12O2. The van der Waals surface area contributed by atoms with E-state index in [9.17, 15) is 0 Å². The maximum Gasteiger partial charge on any atom is 0.0837 e. The van der Waals surface area contributed by atoms with Crippen LogP contribution in [-0.2, 0) is 9.47 Å². The van der Waals surface area contributed by atoms with Gasteiger partial charge in [-0.1, -0.05) is 0 Å². The molecule has 0 amide bonds. The molecule has 2 rings (SSSR count). The normalized spacial score (nSPS) is 42.7. The molecule has 1 aliphatic heterocycles. The molecular weight excluding hydrogens is 116 g/mol. The zero-order valence-electron chi connectivity index (χ0n) is 5.51. The molecule has 0 bridgehead atoms. The Balaban J connectivity index is 1.90. The largest absolute Gasteiger partial charge is 0.375 e. The van der Waals surface area contributed by atoms with Gasteiger partial charge in [0.05, 0.1) is 12.2 Å². The smallest absolute Gasteiger partial charge is 0.0837 e. The maximum absolute atomic E-state index is 5.48. The van der Waals surface area contributed by atoms with Crippen LogP contribution in [0.4, 0.5) is 0 Å². The third-order valence-electron chi connectivity index (χ3n) is 2.10. The van der Waals surface area contributed by atoms with Crippen LogP contribution in [0.3, 0.4) is 0 Å². The average Bonchev–Trinajstić information content (AvgIpc) is 1.94. The highest BCUT2D eigenvalue weighted by Crippen LogP contribution is 2.28. The monoisotopic (exact) mass is 128 g/mol. The highest BCUT2D eigenvalue weighted by Gasteiger charge is 2.33. The Morgan fingerprint density at radius 2 is 1.44 bits per heavy atom. The summed E-state index contributed by atoms with van der Waals surface area (Å²) in [4.78, 5) is 0. The SMILES string of the molecule is C1COC2CCC2OC1. The fourth-order valence-corrected chi connectivity index (χ4v) is 1.35.